The number of phenols is 2. The summed E-state index contributed by atoms with van der Waals surface area (Å²) in [5.41, 5.74) is 6.65. The number of benzene rings is 2. The largest absolute Gasteiger partial charge is 0.507 e. The van der Waals surface area contributed by atoms with E-state index in [2.05, 4.69) is 39.0 Å². The minimum absolute atomic E-state index is 0.0156. The van der Waals surface area contributed by atoms with Crippen molar-refractivity contribution in [1.82, 2.24) is 0 Å². The minimum atomic E-state index is -0.0156. The van der Waals surface area contributed by atoms with Crippen LogP contribution in [0, 0.1) is 13.8 Å². The van der Waals surface area contributed by atoms with Crippen molar-refractivity contribution in [3.63, 3.8) is 0 Å². The lowest BCUT2D eigenvalue weighted by molar-refractivity contribution is 0.282. The molecule has 0 atom stereocenters. The van der Waals surface area contributed by atoms with Crippen LogP contribution in [0.15, 0.2) is 24.3 Å². The molecule has 1 saturated carbocycles. The summed E-state index contributed by atoms with van der Waals surface area (Å²) in [5, 5.41) is 21.8. The fourth-order valence-corrected chi connectivity index (χ4v) is 5.20. The van der Waals surface area contributed by atoms with Gasteiger partial charge in [0.15, 0.2) is 0 Å². The molecule has 0 saturated heterocycles. The molecule has 3 rings (SSSR count). The van der Waals surface area contributed by atoms with E-state index in [4.69, 9.17) is 0 Å². The smallest absolute Gasteiger partial charge is 0.122 e. The maximum absolute atomic E-state index is 10.9. The van der Waals surface area contributed by atoms with Gasteiger partial charge in [-0.25, -0.2) is 0 Å². The van der Waals surface area contributed by atoms with Crippen molar-refractivity contribution in [2.75, 3.05) is 0 Å². The van der Waals surface area contributed by atoms with E-state index in [9.17, 15) is 10.2 Å². The molecule has 1 aliphatic rings. The van der Waals surface area contributed by atoms with Crippen molar-refractivity contribution >= 4 is 0 Å². The minimum Gasteiger partial charge on any atom is -0.507 e. The Morgan fingerprint density at radius 3 is 2.11 bits per heavy atom. The maximum atomic E-state index is 10.9. The number of rotatable bonds is 5. The van der Waals surface area contributed by atoms with E-state index in [1.807, 2.05) is 19.9 Å². The summed E-state index contributed by atoms with van der Waals surface area (Å²) in [6.45, 7) is 10.5. The first-order valence-electron chi connectivity index (χ1n) is 10.9. The fraction of sp³-hybridized carbons (Fsp3) is 0.538. The van der Waals surface area contributed by atoms with Gasteiger partial charge in [-0.2, -0.15) is 0 Å². The summed E-state index contributed by atoms with van der Waals surface area (Å²) in [6, 6.07) is 8.54. The van der Waals surface area contributed by atoms with Gasteiger partial charge in [0.1, 0.15) is 11.5 Å². The number of hydrogen-bond acceptors (Lipinski definition) is 2. The van der Waals surface area contributed by atoms with Crippen LogP contribution in [0.5, 0.6) is 11.5 Å². The van der Waals surface area contributed by atoms with Gasteiger partial charge < -0.3 is 10.2 Å². The second-order valence-electron chi connectivity index (χ2n) is 9.09. The monoisotopic (exact) mass is 380 g/mol. The van der Waals surface area contributed by atoms with Crippen LogP contribution in [0.4, 0.5) is 0 Å². The van der Waals surface area contributed by atoms with Gasteiger partial charge in [0.05, 0.1) is 0 Å². The third-order valence-electron chi connectivity index (χ3n) is 6.86. The molecule has 2 aromatic rings. The van der Waals surface area contributed by atoms with E-state index >= 15 is 0 Å². The molecule has 1 fully saturated rings. The maximum Gasteiger partial charge on any atom is 0.122 e. The molecule has 28 heavy (non-hydrogen) atoms. The van der Waals surface area contributed by atoms with Crippen molar-refractivity contribution in [3.05, 3.63) is 57.6 Å². The lowest BCUT2D eigenvalue weighted by Gasteiger charge is -2.41. The van der Waals surface area contributed by atoms with Crippen molar-refractivity contribution in [2.24, 2.45) is 0 Å². The van der Waals surface area contributed by atoms with E-state index in [-0.39, 0.29) is 11.3 Å². The van der Waals surface area contributed by atoms with E-state index in [0.717, 1.165) is 47.9 Å². The third-order valence-corrected chi connectivity index (χ3v) is 6.86. The van der Waals surface area contributed by atoms with E-state index < -0.39 is 0 Å². The van der Waals surface area contributed by atoms with Crippen molar-refractivity contribution < 1.29 is 10.2 Å². The summed E-state index contributed by atoms with van der Waals surface area (Å²) in [4.78, 5) is 0. The second kappa shape index (κ2) is 8.19. The predicted octanol–water partition coefficient (Wildman–Crippen LogP) is 6.85. The van der Waals surface area contributed by atoms with Gasteiger partial charge in [-0.3, -0.25) is 0 Å². The molecule has 0 radical (unpaired) electrons. The number of phenolic OH excluding ortho intramolecular Hbond substituents is 2. The van der Waals surface area contributed by atoms with Gasteiger partial charge in [-0.15, -0.1) is 0 Å². The van der Waals surface area contributed by atoms with Crippen LogP contribution in [0.25, 0.3) is 0 Å². The van der Waals surface area contributed by atoms with Gasteiger partial charge in [0, 0.05) is 5.56 Å². The van der Waals surface area contributed by atoms with E-state index in [0.29, 0.717) is 11.5 Å². The zero-order valence-corrected chi connectivity index (χ0v) is 18.2. The highest BCUT2D eigenvalue weighted by Crippen LogP contribution is 2.48. The Morgan fingerprint density at radius 2 is 1.50 bits per heavy atom. The van der Waals surface area contributed by atoms with Crippen LogP contribution >= 0.6 is 0 Å². The molecule has 0 aliphatic heterocycles. The molecule has 2 aromatic carbocycles. The topological polar surface area (TPSA) is 40.5 Å². The van der Waals surface area contributed by atoms with Crippen molar-refractivity contribution in [3.8, 4) is 11.5 Å². The molecule has 2 nitrogen and oxygen atoms in total. The average molecular weight is 381 g/mol. The molecule has 0 aromatic heterocycles. The molecule has 1 aliphatic carbocycles. The SMILES string of the molecule is CCc1ccc(C)c(O)c1CC1(c2ccc(C)c(O)c2C(C)C)CCCCC1. The average Bonchev–Trinajstić information content (AvgIpc) is 2.68. The first-order valence-corrected chi connectivity index (χ1v) is 10.9. The molecule has 152 valence electrons. The zero-order valence-electron chi connectivity index (χ0n) is 18.2. The van der Waals surface area contributed by atoms with Gasteiger partial charge >= 0.3 is 0 Å². The van der Waals surface area contributed by atoms with E-state index in [1.54, 1.807) is 0 Å². The summed E-state index contributed by atoms with van der Waals surface area (Å²) >= 11 is 0. The molecule has 0 unspecified atom stereocenters. The molecular weight excluding hydrogens is 344 g/mol. The predicted molar refractivity (Wildman–Crippen MR) is 118 cm³/mol. The third kappa shape index (κ3) is 3.66. The lowest BCUT2D eigenvalue weighted by Crippen LogP contribution is -2.33. The number of aromatic hydroxyl groups is 2. The number of aryl methyl sites for hydroxylation is 3. The van der Waals surface area contributed by atoms with Gasteiger partial charge in [0.2, 0.25) is 0 Å². The Balaban J connectivity index is 2.20. The van der Waals surface area contributed by atoms with Gasteiger partial charge in [0.25, 0.3) is 0 Å². The van der Waals surface area contributed by atoms with Gasteiger partial charge in [-0.05, 0) is 78.7 Å². The van der Waals surface area contributed by atoms with Crippen molar-refractivity contribution in [2.45, 2.75) is 90.9 Å². The Labute approximate surface area is 170 Å². The number of hydrogen-bond donors (Lipinski definition) is 2. The zero-order chi connectivity index (χ0) is 20.5. The Hall–Kier alpha value is -1.96. The van der Waals surface area contributed by atoms with Crippen LogP contribution in [0.3, 0.4) is 0 Å². The summed E-state index contributed by atoms with van der Waals surface area (Å²) < 4.78 is 0. The Morgan fingerprint density at radius 1 is 0.893 bits per heavy atom. The standard InChI is InChI=1S/C26H36O2/c1-6-20-12-10-18(4)24(27)21(20)16-26(14-8-7-9-15-26)22-13-11-19(5)25(28)23(22)17(2)3/h10-13,17,27-28H,6-9,14-16H2,1-5H3. The Bertz CT molecular complexity index is 842. The molecule has 0 heterocycles. The Kier molecular flexibility index (Phi) is 6.07. The highest BCUT2D eigenvalue weighted by molar-refractivity contribution is 5.52. The van der Waals surface area contributed by atoms with E-state index in [1.165, 1.54) is 30.4 Å². The van der Waals surface area contributed by atoms with Crippen LogP contribution in [0.1, 0.15) is 92.2 Å². The highest BCUT2D eigenvalue weighted by Gasteiger charge is 2.38. The van der Waals surface area contributed by atoms with Crippen LogP contribution in [-0.4, -0.2) is 10.2 Å². The van der Waals surface area contributed by atoms with Crippen LogP contribution in [0.2, 0.25) is 0 Å². The molecular formula is C26H36O2. The summed E-state index contributed by atoms with van der Waals surface area (Å²) in [6.07, 6.45) is 7.70. The molecule has 2 heteroatoms. The van der Waals surface area contributed by atoms with Crippen LogP contribution in [-0.2, 0) is 18.3 Å². The molecule has 0 spiro atoms. The first kappa shape index (κ1) is 20.8. The lowest BCUT2D eigenvalue weighted by atomic mass is 9.63. The summed E-state index contributed by atoms with van der Waals surface area (Å²) in [5.74, 6) is 1.19. The highest BCUT2D eigenvalue weighted by atomic mass is 16.3. The fourth-order valence-electron chi connectivity index (χ4n) is 5.20. The normalized spacial score (nSPS) is 16.5. The van der Waals surface area contributed by atoms with Crippen molar-refractivity contribution in [1.29, 1.82) is 0 Å². The molecule has 0 bridgehead atoms. The first-order chi connectivity index (χ1) is 13.3. The quantitative estimate of drug-likeness (QED) is 0.596. The molecule has 2 N–H and O–H groups in total. The van der Waals surface area contributed by atoms with Crippen LogP contribution < -0.4 is 0 Å². The molecule has 0 amide bonds. The van der Waals surface area contributed by atoms with Gasteiger partial charge in [-0.1, -0.05) is 64.3 Å². The second-order valence-corrected chi connectivity index (χ2v) is 9.09. The summed E-state index contributed by atoms with van der Waals surface area (Å²) in [7, 11) is 0.